The summed E-state index contributed by atoms with van der Waals surface area (Å²) < 4.78 is 5.02. The van der Waals surface area contributed by atoms with E-state index in [1.54, 1.807) is 42.5 Å². The van der Waals surface area contributed by atoms with Crippen molar-refractivity contribution in [2.45, 2.75) is 19.3 Å². The molecular formula is C24H21ClN2O4. The zero-order valence-corrected chi connectivity index (χ0v) is 17.4. The summed E-state index contributed by atoms with van der Waals surface area (Å²) in [5.74, 6) is -0.399. The molecule has 0 aliphatic carbocycles. The Kier molecular flexibility index (Phi) is 6.21. The number of amides is 2. The molecule has 0 radical (unpaired) electrons. The van der Waals surface area contributed by atoms with Crippen LogP contribution in [0.3, 0.4) is 0 Å². The van der Waals surface area contributed by atoms with Gasteiger partial charge in [-0.2, -0.15) is 0 Å². The first kappa shape index (κ1) is 20.9. The van der Waals surface area contributed by atoms with E-state index in [2.05, 4.69) is 5.32 Å². The third-order valence-electron chi connectivity index (χ3n) is 5.07. The van der Waals surface area contributed by atoms with Gasteiger partial charge >= 0.3 is 12.0 Å². The maximum Gasteiger partial charge on any atom is 0.338 e. The fourth-order valence-corrected chi connectivity index (χ4v) is 3.64. The number of carbonyl (C=O) groups excluding carboxylic acids is 2. The van der Waals surface area contributed by atoms with E-state index < -0.39 is 18.1 Å². The Bertz CT molecular complexity index is 1100. The van der Waals surface area contributed by atoms with E-state index in [1.165, 1.54) is 4.90 Å². The molecule has 0 bridgehead atoms. The first-order valence-electron chi connectivity index (χ1n) is 9.83. The van der Waals surface area contributed by atoms with Gasteiger partial charge in [-0.1, -0.05) is 60.1 Å². The molecule has 0 saturated heterocycles. The molecule has 6 nitrogen and oxygen atoms in total. The second-order valence-electron chi connectivity index (χ2n) is 7.32. The maximum absolute atomic E-state index is 13.1. The van der Waals surface area contributed by atoms with Gasteiger partial charge in [0.2, 0.25) is 0 Å². The van der Waals surface area contributed by atoms with Crippen molar-refractivity contribution in [2.24, 2.45) is 0 Å². The molecule has 0 saturated carbocycles. The molecular weight excluding hydrogens is 416 g/mol. The van der Waals surface area contributed by atoms with Crippen molar-refractivity contribution in [3.8, 4) is 0 Å². The highest BCUT2D eigenvalue weighted by molar-refractivity contribution is 6.30. The summed E-state index contributed by atoms with van der Waals surface area (Å²) in [4.78, 5) is 26.4. The molecule has 1 aliphatic heterocycles. The minimum atomic E-state index is -0.914. The number of nitrogens with one attached hydrogen (secondary N) is 1. The SMILES string of the molecule is O=C1OCc2ccc(NC(=O)N(Cc3ccccc3)CC(O)c3cccc(Cl)c3)cc21. The van der Waals surface area contributed by atoms with Gasteiger partial charge in [-0.25, -0.2) is 9.59 Å². The van der Waals surface area contributed by atoms with Crippen LogP contribution in [-0.2, 0) is 17.9 Å². The fourth-order valence-electron chi connectivity index (χ4n) is 3.44. The molecule has 1 aliphatic rings. The van der Waals surface area contributed by atoms with Crippen molar-refractivity contribution in [2.75, 3.05) is 11.9 Å². The molecule has 3 aromatic carbocycles. The second-order valence-corrected chi connectivity index (χ2v) is 7.75. The van der Waals surface area contributed by atoms with Gasteiger partial charge in [0.25, 0.3) is 0 Å². The summed E-state index contributed by atoms with van der Waals surface area (Å²) in [6.45, 7) is 0.611. The lowest BCUT2D eigenvalue weighted by Crippen LogP contribution is -2.37. The highest BCUT2D eigenvalue weighted by atomic mass is 35.5. The van der Waals surface area contributed by atoms with Gasteiger partial charge in [0.05, 0.1) is 18.2 Å². The summed E-state index contributed by atoms with van der Waals surface area (Å²) in [6, 6.07) is 21.1. The van der Waals surface area contributed by atoms with Crippen molar-refractivity contribution in [3.63, 3.8) is 0 Å². The van der Waals surface area contributed by atoms with Gasteiger partial charge in [-0.15, -0.1) is 0 Å². The van der Waals surface area contributed by atoms with Crippen LogP contribution in [0.1, 0.15) is 33.2 Å². The van der Waals surface area contributed by atoms with Crippen LogP contribution >= 0.6 is 11.6 Å². The van der Waals surface area contributed by atoms with E-state index in [4.69, 9.17) is 16.3 Å². The third-order valence-corrected chi connectivity index (χ3v) is 5.31. The molecule has 1 heterocycles. The minimum Gasteiger partial charge on any atom is -0.457 e. The summed E-state index contributed by atoms with van der Waals surface area (Å²) in [5.41, 5.74) is 3.27. The van der Waals surface area contributed by atoms with Gasteiger partial charge in [0.15, 0.2) is 0 Å². The van der Waals surface area contributed by atoms with Gasteiger partial charge < -0.3 is 20.1 Å². The predicted octanol–water partition coefficient (Wildman–Crippen LogP) is 4.78. The molecule has 31 heavy (non-hydrogen) atoms. The number of hydrogen-bond acceptors (Lipinski definition) is 4. The average molecular weight is 437 g/mol. The smallest absolute Gasteiger partial charge is 0.338 e. The van der Waals surface area contributed by atoms with E-state index in [0.717, 1.165) is 11.1 Å². The van der Waals surface area contributed by atoms with E-state index in [0.29, 0.717) is 28.4 Å². The number of hydrogen-bond donors (Lipinski definition) is 2. The normalized spacial score (nSPS) is 13.3. The average Bonchev–Trinajstić information content (AvgIpc) is 3.14. The number of fused-ring (bicyclic) bond motifs is 1. The first-order chi connectivity index (χ1) is 15.0. The molecule has 2 amide bonds. The number of carbonyl (C=O) groups is 2. The van der Waals surface area contributed by atoms with Gasteiger partial charge in [0.1, 0.15) is 6.61 Å². The van der Waals surface area contributed by atoms with Crippen molar-refractivity contribution in [1.29, 1.82) is 0 Å². The molecule has 2 N–H and O–H groups in total. The van der Waals surface area contributed by atoms with E-state index in [9.17, 15) is 14.7 Å². The molecule has 3 aromatic rings. The number of aliphatic hydroxyl groups is 1. The quantitative estimate of drug-likeness (QED) is 0.545. The fraction of sp³-hybridized carbons (Fsp3) is 0.167. The topological polar surface area (TPSA) is 78.9 Å². The molecule has 0 fully saturated rings. The Morgan fingerprint density at radius 2 is 1.90 bits per heavy atom. The second kappa shape index (κ2) is 9.20. The number of nitrogens with zero attached hydrogens (tertiary/aromatic N) is 1. The summed E-state index contributed by atoms with van der Waals surface area (Å²) in [6.07, 6.45) is -0.914. The third kappa shape index (κ3) is 5.05. The van der Waals surface area contributed by atoms with Crippen LogP contribution in [0, 0.1) is 0 Å². The minimum absolute atomic E-state index is 0.0635. The zero-order valence-electron chi connectivity index (χ0n) is 16.6. The largest absolute Gasteiger partial charge is 0.457 e. The Morgan fingerprint density at radius 1 is 1.10 bits per heavy atom. The molecule has 1 atom stereocenters. The number of aliphatic hydroxyl groups excluding tert-OH is 1. The Hall–Kier alpha value is -3.35. The number of halogens is 1. The lowest BCUT2D eigenvalue weighted by atomic mass is 10.1. The molecule has 158 valence electrons. The van der Waals surface area contributed by atoms with Crippen LogP contribution in [0.25, 0.3) is 0 Å². The number of anilines is 1. The molecule has 0 spiro atoms. The van der Waals surface area contributed by atoms with Gasteiger partial charge in [-0.3, -0.25) is 0 Å². The van der Waals surface area contributed by atoms with Crippen LogP contribution in [0.2, 0.25) is 5.02 Å². The van der Waals surface area contributed by atoms with Crippen molar-refractivity contribution in [3.05, 3.63) is 100 Å². The maximum atomic E-state index is 13.1. The van der Waals surface area contributed by atoms with E-state index >= 15 is 0 Å². The van der Waals surface area contributed by atoms with Crippen LogP contribution in [0.5, 0.6) is 0 Å². The van der Waals surface area contributed by atoms with Crippen LogP contribution in [0.4, 0.5) is 10.5 Å². The molecule has 0 aromatic heterocycles. The first-order valence-corrected chi connectivity index (χ1v) is 10.2. The number of benzene rings is 3. The van der Waals surface area contributed by atoms with Crippen LogP contribution in [-0.4, -0.2) is 28.6 Å². The molecule has 4 rings (SSSR count). The molecule has 7 heteroatoms. The van der Waals surface area contributed by atoms with Crippen LogP contribution in [0.15, 0.2) is 72.8 Å². The number of cyclic esters (lactones) is 1. The monoisotopic (exact) mass is 436 g/mol. The van der Waals surface area contributed by atoms with Gasteiger partial charge in [0, 0.05) is 22.8 Å². The number of esters is 1. The zero-order chi connectivity index (χ0) is 21.8. The van der Waals surface area contributed by atoms with Crippen LogP contribution < -0.4 is 5.32 Å². The summed E-state index contributed by atoms with van der Waals surface area (Å²) in [5, 5.41) is 14.1. The lowest BCUT2D eigenvalue weighted by Gasteiger charge is -2.26. The highest BCUT2D eigenvalue weighted by Crippen LogP contribution is 2.24. The van der Waals surface area contributed by atoms with Crippen molar-refractivity contribution < 1.29 is 19.4 Å². The van der Waals surface area contributed by atoms with Crippen molar-refractivity contribution >= 4 is 29.3 Å². The van der Waals surface area contributed by atoms with Crippen molar-refractivity contribution in [1.82, 2.24) is 4.90 Å². The van der Waals surface area contributed by atoms with E-state index in [1.807, 2.05) is 30.3 Å². The lowest BCUT2D eigenvalue weighted by molar-refractivity contribution is 0.0535. The summed E-state index contributed by atoms with van der Waals surface area (Å²) >= 11 is 6.04. The Morgan fingerprint density at radius 3 is 2.68 bits per heavy atom. The summed E-state index contributed by atoms with van der Waals surface area (Å²) in [7, 11) is 0. The molecule has 1 unspecified atom stereocenters. The highest BCUT2D eigenvalue weighted by Gasteiger charge is 2.23. The Labute approximate surface area is 185 Å². The predicted molar refractivity (Wildman–Crippen MR) is 118 cm³/mol. The van der Waals surface area contributed by atoms with E-state index in [-0.39, 0.29) is 13.2 Å². The number of urea groups is 1. The van der Waals surface area contributed by atoms with Gasteiger partial charge in [-0.05, 0) is 35.4 Å². The standard InChI is InChI=1S/C24H21ClN2O4/c25-19-8-4-7-17(11-19)22(28)14-27(13-16-5-2-1-3-6-16)24(30)26-20-10-9-18-15-31-23(29)21(18)12-20/h1-12,22,28H,13-15H2,(H,26,30). The number of rotatable bonds is 6. The Balaban J connectivity index is 1.54. The number of ether oxygens (including phenoxy) is 1.